The van der Waals surface area contributed by atoms with E-state index in [2.05, 4.69) is 9.47 Å². The summed E-state index contributed by atoms with van der Waals surface area (Å²) in [6, 6.07) is 0. The second-order valence-electron chi connectivity index (χ2n) is 3.65. The SMILES string of the molecule is O=C([O-])CC(=O)OCC(Cl)(Cl)Cl.O=C([O-])CC(=O)OCC(Cl)(Cl)Cl.[Mg+2]. The van der Waals surface area contributed by atoms with Gasteiger partial charge in [-0.2, -0.15) is 0 Å². The minimum Gasteiger partial charge on any atom is -0.550 e. The van der Waals surface area contributed by atoms with E-state index in [4.69, 9.17) is 69.6 Å². The maximum atomic E-state index is 10.5. The van der Waals surface area contributed by atoms with Gasteiger partial charge in [0.1, 0.15) is 13.2 Å². The summed E-state index contributed by atoms with van der Waals surface area (Å²) in [5, 5.41) is 19.6. The van der Waals surface area contributed by atoms with Crippen molar-refractivity contribution in [2.45, 2.75) is 20.4 Å². The molecule has 25 heavy (non-hydrogen) atoms. The fourth-order valence-corrected chi connectivity index (χ4v) is 0.990. The Morgan fingerprint density at radius 3 is 1.08 bits per heavy atom. The molecule has 0 heterocycles. The second-order valence-corrected chi connectivity index (χ2v) is 8.68. The molecule has 0 N–H and O–H groups in total. The number of carbonyl (C=O) groups excluding carboxylic acids is 4. The first-order chi connectivity index (χ1) is 10.6. The average molecular weight is 493 g/mol. The third kappa shape index (κ3) is 29.4. The van der Waals surface area contributed by atoms with E-state index in [1.54, 1.807) is 0 Å². The summed E-state index contributed by atoms with van der Waals surface area (Å²) in [4.78, 5) is 40.6. The molecule has 0 unspecified atom stereocenters. The largest absolute Gasteiger partial charge is 2.00 e. The number of carboxylic acid groups (broad SMARTS) is 2. The zero-order valence-electron chi connectivity index (χ0n) is 12.1. The van der Waals surface area contributed by atoms with Crippen molar-refractivity contribution in [2.24, 2.45) is 0 Å². The van der Waals surface area contributed by atoms with Gasteiger partial charge >= 0.3 is 35.0 Å². The normalized spacial score (nSPS) is 10.5. The number of aliphatic carboxylic acids is 2. The summed E-state index contributed by atoms with van der Waals surface area (Å²) in [7, 11) is 0. The Balaban J connectivity index is -0.000000372. The molecule has 0 radical (unpaired) electrons. The van der Waals surface area contributed by atoms with E-state index in [0.717, 1.165) is 0 Å². The number of hydrogen-bond donors (Lipinski definition) is 0. The predicted molar refractivity (Wildman–Crippen MR) is 87.5 cm³/mol. The second kappa shape index (κ2) is 14.4. The van der Waals surface area contributed by atoms with Gasteiger partial charge < -0.3 is 29.3 Å². The number of alkyl halides is 6. The van der Waals surface area contributed by atoms with Gasteiger partial charge in [0.2, 0.25) is 7.59 Å². The number of carbonyl (C=O) groups is 4. The van der Waals surface area contributed by atoms with Crippen LogP contribution >= 0.6 is 69.6 Å². The van der Waals surface area contributed by atoms with Crippen molar-refractivity contribution >= 4 is 117 Å². The van der Waals surface area contributed by atoms with Gasteiger partial charge in [0.25, 0.3) is 0 Å². The summed E-state index contributed by atoms with van der Waals surface area (Å²) in [6.45, 7) is -0.965. The van der Waals surface area contributed by atoms with Gasteiger partial charge in [-0.15, -0.1) is 0 Å². The molecule has 0 saturated carbocycles. The van der Waals surface area contributed by atoms with Crippen LogP contribution in [-0.4, -0.2) is 67.7 Å². The average Bonchev–Trinajstić information content (AvgIpc) is 2.31. The molecule has 0 aromatic carbocycles. The smallest absolute Gasteiger partial charge is 0.550 e. The van der Waals surface area contributed by atoms with Gasteiger partial charge in [0.15, 0.2) is 0 Å². The monoisotopic (exact) mass is 490 g/mol. The van der Waals surface area contributed by atoms with Crippen LogP contribution in [0.1, 0.15) is 12.8 Å². The molecule has 0 bridgehead atoms. The fourth-order valence-electron chi connectivity index (χ4n) is 0.662. The van der Waals surface area contributed by atoms with Crippen LogP contribution in [-0.2, 0) is 28.7 Å². The van der Waals surface area contributed by atoms with E-state index in [-0.39, 0.29) is 23.1 Å². The molecule has 0 amide bonds. The molecule has 0 aliphatic rings. The maximum absolute atomic E-state index is 10.5. The van der Waals surface area contributed by atoms with E-state index in [1.165, 1.54) is 0 Å². The van der Waals surface area contributed by atoms with Crippen molar-refractivity contribution in [3.63, 3.8) is 0 Å². The molecule has 0 atom stereocenters. The first-order valence-corrected chi connectivity index (χ1v) is 7.73. The number of hydrogen-bond acceptors (Lipinski definition) is 8. The molecule has 0 saturated heterocycles. The van der Waals surface area contributed by atoms with E-state index in [0.29, 0.717) is 0 Å². The Kier molecular flexibility index (Phi) is 17.4. The molecule has 0 aromatic heterocycles. The fraction of sp³-hybridized carbons (Fsp3) is 0.600. The summed E-state index contributed by atoms with van der Waals surface area (Å²) in [5.41, 5.74) is 0. The van der Waals surface area contributed by atoms with Gasteiger partial charge in [-0.3, -0.25) is 9.59 Å². The van der Waals surface area contributed by atoms with Crippen molar-refractivity contribution in [2.75, 3.05) is 13.2 Å². The van der Waals surface area contributed by atoms with Crippen LogP contribution in [0, 0.1) is 0 Å². The van der Waals surface area contributed by atoms with Crippen LogP contribution in [0.3, 0.4) is 0 Å². The number of halogens is 6. The molecular formula is C10H8Cl6MgO8. The standard InChI is InChI=1S/2C5H5Cl3O4.Mg/c2*6-5(7,8)2-12-4(11)1-3(9)10;/h2*1-2H2,(H,9,10);/q;;+2/p-2. The first-order valence-electron chi connectivity index (χ1n) is 5.47. The molecule has 0 fully saturated rings. The topological polar surface area (TPSA) is 133 Å². The summed E-state index contributed by atoms with van der Waals surface area (Å²) in [5.74, 6) is -5.07. The van der Waals surface area contributed by atoms with Gasteiger partial charge in [-0.05, 0) is 0 Å². The van der Waals surface area contributed by atoms with Gasteiger partial charge in [-0.1, -0.05) is 69.6 Å². The Bertz CT molecular complexity index is 419. The molecule has 0 aliphatic heterocycles. The van der Waals surface area contributed by atoms with Crippen LogP contribution in [0.25, 0.3) is 0 Å². The number of carboxylic acids is 2. The van der Waals surface area contributed by atoms with Crippen molar-refractivity contribution < 1.29 is 38.9 Å². The predicted octanol–water partition coefficient (Wildman–Crippen LogP) is -0.301. The van der Waals surface area contributed by atoms with Crippen molar-refractivity contribution in [3.8, 4) is 0 Å². The Hall–Kier alpha value is 0.386. The van der Waals surface area contributed by atoms with Crippen LogP contribution in [0.15, 0.2) is 0 Å². The van der Waals surface area contributed by atoms with Crippen molar-refractivity contribution in [3.05, 3.63) is 0 Å². The number of rotatable bonds is 6. The third-order valence-corrected chi connectivity index (χ3v) is 2.03. The van der Waals surface area contributed by atoms with Crippen LogP contribution in [0.5, 0.6) is 0 Å². The zero-order chi connectivity index (χ0) is 19.6. The Labute approximate surface area is 188 Å². The van der Waals surface area contributed by atoms with Gasteiger partial charge in [0, 0.05) is 0 Å². The molecule has 0 spiro atoms. The van der Waals surface area contributed by atoms with Crippen molar-refractivity contribution in [1.82, 2.24) is 0 Å². The molecule has 15 heteroatoms. The van der Waals surface area contributed by atoms with Gasteiger partial charge in [0.05, 0.1) is 24.8 Å². The molecular weight excluding hydrogens is 485 g/mol. The van der Waals surface area contributed by atoms with Crippen LogP contribution in [0.4, 0.5) is 0 Å². The summed E-state index contributed by atoms with van der Waals surface area (Å²) >= 11 is 31.2. The van der Waals surface area contributed by atoms with E-state index < -0.39 is 57.5 Å². The minimum atomic E-state index is -1.72. The molecule has 0 aliphatic carbocycles. The molecule has 8 nitrogen and oxygen atoms in total. The Morgan fingerprint density at radius 1 is 0.680 bits per heavy atom. The van der Waals surface area contributed by atoms with E-state index in [1.807, 2.05) is 0 Å². The van der Waals surface area contributed by atoms with E-state index in [9.17, 15) is 29.4 Å². The van der Waals surface area contributed by atoms with Crippen molar-refractivity contribution in [1.29, 1.82) is 0 Å². The molecule has 0 aromatic rings. The quantitative estimate of drug-likeness (QED) is 0.213. The molecule has 140 valence electrons. The number of ether oxygens (including phenoxy) is 2. The summed E-state index contributed by atoms with van der Waals surface area (Å²) in [6.07, 6.45) is -1.69. The maximum Gasteiger partial charge on any atom is 2.00 e. The van der Waals surface area contributed by atoms with Crippen LogP contribution < -0.4 is 10.2 Å². The summed E-state index contributed by atoms with van der Waals surface area (Å²) < 4.78 is 5.08. The van der Waals surface area contributed by atoms with Crippen LogP contribution in [0.2, 0.25) is 0 Å². The zero-order valence-corrected chi connectivity index (χ0v) is 18.0. The first kappa shape index (κ1) is 30.1. The third-order valence-electron chi connectivity index (χ3n) is 1.37. The molecule has 0 rings (SSSR count). The number of esters is 2. The van der Waals surface area contributed by atoms with E-state index >= 15 is 0 Å². The minimum absolute atomic E-state index is 0. The Morgan fingerprint density at radius 2 is 0.920 bits per heavy atom. The van der Waals surface area contributed by atoms with Gasteiger partial charge in [-0.25, -0.2) is 0 Å².